The molecule has 0 aliphatic heterocycles. The van der Waals surface area contributed by atoms with Crippen molar-refractivity contribution in [1.82, 2.24) is 0 Å². The second-order valence-electron chi connectivity index (χ2n) is 3.64. The summed E-state index contributed by atoms with van der Waals surface area (Å²) in [5, 5.41) is -0.0445. The molecule has 0 amide bonds. The summed E-state index contributed by atoms with van der Waals surface area (Å²) in [5.41, 5.74) is 0.611. The van der Waals surface area contributed by atoms with Gasteiger partial charge >= 0.3 is 0 Å². The second-order valence-corrected chi connectivity index (χ2v) is 5.81. The van der Waals surface area contributed by atoms with E-state index in [0.717, 1.165) is 15.7 Å². The van der Waals surface area contributed by atoms with Gasteiger partial charge in [0.05, 0.1) is 7.11 Å². The van der Waals surface area contributed by atoms with Crippen molar-refractivity contribution < 1.29 is 13.9 Å². The van der Waals surface area contributed by atoms with E-state index < -0.39 is 0 Å². The predicted octanol–water partition coefficient (Wildman–Crippen LogP) is 4.42. The lowest BCUT2D eigenvalue weighted by molar-refractivity contribution is 0.109. The Hall–Kier alpha value is -1.46. The molecule has 98 valence electrons. The van der Waals surface area contributed by atoms with Gasteiger partial charge in [-0.05, 0) is 70.1 Å². The van der Waals surface area contributed by atoms with Crippen molar-refractivity contribution in [2.45, 2.75) is 4.90 Å². The molecule has 2 nitrogen and oxygen atoms in total. The third kappa shape index (κ3) is 4.01. The Morgan fingerprint density at radius 2 is 1.68 bits per heavy atom. The van der Waals surface area contributed by atoms with Gasteiger partial charge < -0.3 is 4.74 Å². The number of carbonyl (C=O) groups is 1. The molecule has 0 aliphatic carbocycles. The molecule has 0 aliphatic rings. The van der Waals surface area contributed by atoms with Gasteiger partial charge in [-0.15, -0.1) is 0 Å². The normalized spacial score (nSPS) is 10.2. The van der Waals surface area contributed by atoms with Crippen LogP contribution in [0.25, 0.3) is 0 Å². The summed E-state index contributed by atoms with van der Waals surface area (Å²) in [6, 6.07) is 13.0. The number of hydrogen-bond donors (Lipinski definition) is 0. The lowest BCUT2D eigenvalue weighted by Gasteiger charge is -2.02. The maximum atomic E-state index is 12.7. The zero-order valence-corrected chi connectivity index (χ0v) is 11.8. The molecule has 0 saturated heterocycles. The topological polar surface area (TPSA) is 26.3 Å². The molecule has 19 heavy (non-hydrogen) atoms. The molecule has 0 radical (unpaired) electrons. The van der Waals surface area contributed by atoms with E-state index in [1.807, 2.05) is 0 Å². The number of rotatable bonds is 4. The molecule has 2 rings (SSSR count). The van der Waals surface area contributed by atoms with Gasteiger partial charge in [0.1, 0.15) is 11.6 Å². The minimum atomic E-state index is -0.282. The van der Waals surface area contributed by atoms with Gasteiger partial charge in [-0.3, -0.25) is 4.79 Å². The highest BCUT2D eigenvalue weighted by Gasteiger charge is 2.08. The average molecular weight is 294 g/mol. The third-order valence-corrected chi connectivity index (χ3v) is 4.57. The maximum absolute atomic E-state index is 12.7. The van der Waals surface area contributed by atoms with Crippen molar-refractivity contribution in [2.75, 3.05) is 7.11 Å². The molecule has 0 fully saturated rings. The molecular weight excluding hydrogens is 283 g/mol. The van der Waals surface area contributed by atoms with Crippen molar-refractivity contribution in [3.8, 4) is 5.75 Å². The quantitative estimate of drug-likeness (QED) is 0.780. The molecule has 5 heteroatoms. The highest BCUT2D eigenvalue weighted by Crippen LogP contribution is 2.33. The molecule has 0 atom stereocenters. The molecule has 0 N–H and O–H groups in total. The highest BCUT2D eigenvalue weighted by molar-refractivity contribution is 8.82. The minimum Gasteiger partial charge on any atom is -0.497 e. The van der Waals surface area contributed by atoms with Crippen LogP contribution < -0.4 is 4.74 Å². The summed E-state index contributed by atoms with van der Waals surface area (Å²) >= 11 is 0. The van der Waals surface area contributed by atoms with Crippen LogP contribution in [-0.4, -0.2) is 12.2 Å². The molecule has 0 unspecified atom stereocenters. The molecule has 0 spiro atoms. The van der Waals surface area contributed by atoms with Crippen LogP contribution in [0.15, 0.2) is 53.4 Å². The molecule has 0 heterocycles. The van der Waals surface area contributed by atoms with Gasteiger partial charge in [0.25, 0.3) is 0 Å². The first-order valence-corrected chi connectivity index (χ1v) is 7.62. The number of ether oxygens (including phenoxy) is 1. The van der Waals surface area contributed by atoms with Crippen molar-refractivity contribution in [3.05, 3.63) is 59.9 Å². The van der Waals surface area contributed by atoms with Crippen molar-refractivity contribution in [3.63, 3.8) is 0 Å². The summed E-state index contributed by atoms with van der Waals surface area (Å²) in [4.78, 5) is 12.8. The lowest BCUT2D eigenvalue weighted by atomic mass is 10.2. The van der Waals surface area contributed by atoms with Crippen LogP contribution in [0, 0.1) is 5.82 Å². The zero-order valence-electron chi connectivity index (χ0n) is 10.1. The summed E-state index contributed by atoms with van der Waals surface area (Å²) in [5.74, 6) is 0.434. The largest absolute Gasteiger partial charge is 0.497 e. The van der Waals surface area contributed by atoms with E-state index in [1.165, 1.54) is 22.9 Å². The van der Waals surface area contributed by atoms with Crippen LogP contribution in [0.2, 0.25) is 0 Å². The predicted molar refractivity (Wildman–Crippen MR) is 77.2 cm³/mol. The van der Waals surface area contributed by atoms with Crippen molar-refractivity contribution in [2.24, 2.45) is 0 Å². The molecule has 2 aromatic rings. The fourth-order valence-electron chi connectivity index (χ4n) is 1.35. The molecule has 0 saturated carbocycles. The van der Waals surface area contributed by atoms with Crippen molar-refractivity contribution >= 4 is 26.7 Å². The van der Waals surface area contributed by atoms with Crippen LogP contribution in [0.1, 0.15) is 10.4 Å². The Balaban J connectivity index is 1.95. The third-order valence-electron chi connectivity index (χ3n) is 2.35. The summed E-state index contributed by atoms with van der Waals surface area (Å²) in [6.07, 6.45) is 0. The number of halogens is 1. The van der Waals surface area contributed by atoms with Crippen LogP contribution in [0.4, 0.5) is 4.39 Å². The SMILES string of the molecule is COc1ccc(C(=O)SSc2ccc(F)cc2)cc1. The van der Waals surface area contributed by atoms with Gasteiger partial charge in [0.15, 0.2) is 0 Å². The number of benzene rings is 2. The van der Waals surface area contributed by atoms with E-state index in [0.29, 0.717) is 11.3 Å². The summed E-state index contributed by atoms with van der Waals surface area (Å²) < 4.78 is 17.8. The number of hydrogen-bond acceptors (Lipinski definition) is 4. The van der Waals surface area contributed by atoms with Crippen LogP contribution in [0.5, 0.6) is 5.75 Å². The maximum Gasteiger partial charge on any atom is 0.230 e. The number of carbonyl (C=O) groups excluding carboxylic acids is 1. The summed E-state index contributed by atoms with van der Waals surface area (Å²) in [7, 11) is 4.01. The van der Waals surface area contributed by atoms with Crippen LogP contribution in [-0.2, 0) is 0 Å². The summed E-state index contributed by atoms with van der Waals surface area (Å²) in [6.45, 7) is 0. The lowest BCUT2D eigenvalue weighted by Crippen LogP contribution is -1.91. The van der Waals surface area contributed by atoms with Gasteiger partial charge in [0.2, 0.25) is 5.12 Å². The fraction of sp³-hybridized carbons (Fsp3) is 0.0714. The fourth-order valence-corrected chi connectivity index (χ4v) is 3.14. The van der Waals surface area contributed by atoms with E-state index in [1.54, 1.807) is 43.5 Å². The first-order chi connectivity index (χ1) is 9.19. The molecule has 2 aromatic carbocycles. The first kappa shape index (κ1) is 14.0. The standard InChI is InChI=1S/C14H11FO2S2/c1-17-12-6-2-10(3-7-12)14(16)19-18-13-8-4-11(15)5-9-13/h2-9H,1H3. The Morgan fingerprint density at radius 1 is 1.05 bits per heavy atom. The van der Waals surface area contributed by atoms with Crippen molar-refractivity contribution in [1.29, 1.82) is 0 Å². The Morgan fingerprint density at radius 3 is 2.26 bits per heavy atom. The van der Waals surface area contributed by atoms with E-state index >= 15 is 0 Å². The van der Waals surface area contributed by atoms with Gasteiger partial charge in [-0.2, -0.15) is 0 Å². The Bertz CT molecular complexity index is 553. The molecular formula is C14H11FO2S2. The van der Waals surface area contributed by atoms with Gasteiger partial charge in [-0.1, -0.05) is 0 Å². The molecule has 0 aromatic heterocycles. The first-order valence-electron chi connectivity index (χ1n) is 5.47. The second kappa shape index (κ2) is 6.63. The highest BCUT2D eigenvalue weighted by atomic mass is 33.1. The van der Waals surface area contributed by atoms with E-state index in [9.17, 15) is 9.18 Å². The van der Waals surface area contributed by atoms with Gasteiger partial charge in [0, 0.05) is 10.5 Å². The Labute approximate surface area is 118 Å². The molecule has 0 bridgehead atoms. The Kier molecular flexibility index (Phi) is 4.87. The minimum absolute atomic E-state index is 0.0445. The van der Waals surface area contributed by atoms with Crippen LogP contribution >= 0.6 is 21.6 Å². The zero-order chi connectivity index (χ0) is 13.7. The van der Waals surface area contributed by atoms with E-state index in [-0.39, 0.29) is 10.9 Å². The average Bonchev–Trinajstić information content (AvgIpc) is 2.46. The smallest absolute Gasteiger partial charge is 0.230 e. The van der Waals surface area contributed by atoms with E-state index in [4.69, 9.17) is 4.74 Å². The monoisotopic (exact) mass is 294 g/mol. The van der Waals surface area contributed by atoms with E-state index in [2.05, 4.69) is 0 Å². The van der Waals surface area contributed by atoms with Gasteiger partial charge in [-0.25, -0.2) is 4.39 Å². The number of methoxy groups -OCH3 is 1. The van der Waals surface area contributed by atoms with Crippen LogP contribution in [0.3, 0.4) is 0 Å².